The van der Waals surface area contributed by atoms with E-state index in [4.69, 9.17) is 28.3 Å². The molecule has 0 atom stereocenters. The highest BCUT2D eigenvalue weighted by molar-refractivity contribution is 6.35. The maximum absolute atomic E-state index is 9.16. The van der Waals surface area contributed by atoms with Gasteiger partial charge in [0.1, 0.15) is 0 Å². The molecule has 0 radical (unpaired) electrons. The van der Waals surface area contributed by atoms with Crippen LogP contribution in [-0.4, -0.2) is 15.1 Å². The summed E-state index contributed by atoms with van der Waals surface area (Å²) in [6, 6.07) is 5.12. The van der Waals surface area contributed by atoms with Gasteiger partial charge in [-0.25, -0.2) is 9.97 Å². The molecule has 0 aliphatic carbocycles. The number of aliphatic hydroxyl groups excluding tert-OH is 1. The SMILES string of the molecule is Cc1cnc(-c2cc(Cl)cc(Cl)c2)nc1CO. The van der Waals surface area contributed by atoms with E-state index in [0.717, 1.165) is 11.1 Å². The summed E-state index contributed by atoms with van der Waals surface area (Å²) in [6.07, 6.45) is 1.67. The molecule has 0 aliphatic heterocycles. The van der Waals surface area contributed by atoms with Crippen LogP contribution in [0.5, 0.6) is 0 Å². The van der Waals surface area contributed by atoms with E-state index in [1.807, 2.05) is 6.92 Å². The predicted octanol–water partition coefficient (Wildman–Crippen LogP) is 3.25. The van der Waals surface area contributed by atoms with Gasteiger partial charge in [-0.1, -0.05) is 23.2 Å². The lowest BCUT2D eigenvalue weighted by Gasteiger charge is -2.05. The third-order valence-corrected chi connectivity index (χ3v) is 2.78. The van der Waals surface area contributed by atoms with Crippen molar-refractivity contribution in [1.82, 2.24) is 9.97 Å². The smallest absolute Gasteiger partial charge is 0.159 e. The average Bonchev–Trinajstić information content (AvgIpc) is 2.28. The van der Waals surface area contributed by atoms with Crippen LogP contribution < -0.4 is 0 Å². The Kier molecular flexibility index (Phi) is 3.62. The molecule has 2 aromatic rings. The summed E-state index contributed by atoms with van der Waals surface area (Å²) in [5.41, 5.74) is 2.19. The highest BCUT2D eigenvalue weighted by atomic mass is 35.5. The van der Waals surface area contributed by atoms with E-state index in [1.54, 1.807) is 24.4 Å². The Morgan fingerprint density at radius 3 is 2.41 bits per heavy atom. The molecule has 1 aromatic heterocycles. The Morgan fingerprint density at radius 2 is 1.82 bits per heavy atom. The van der Waals surface area contributed by atoms with E-state index < -0.39 is 0 Å². The second kappa shape index (κ2) is 5.00. The molecule has 3 nitrogen and oxygen atoms in total. The highest BCUT2D eigenvalue weighted by Crippen LogP contribution is 2.25. The fraction of sp³-hybridized carbons (Fsp3) is 0.167. The van der Waals surface area contributed by atoms with Crippen molar-refractivity contribution in [1.29, 1.82) is 0 Å². The van der Waals surface area contributed by atoms with Crippen molar-refractivity contribution in [3.63, 3.8) is 0 Å². The minimum absolute atomic E-state index is 0.115. The van der Waals surface area contributed by atoms with Crippen LogP contribution in [-0.2, 0) is 6.61 Å². The van der Waals surface area contributed by atoms with Crippen molar-refractivity contribution in [2.45, 2.75) is 13.5 Å². The Bertz CT molecular complexity index is 538. The van der Waals surface area contributed by atoms with Crippen molar-refractivity contribution in [2.24, 2.45) is 0 Å². The number of hydrogen-bond donors (Lipinski definition) is 1. The fourth-order valence-corrected chi connectivity index (χ4v) is 1.99. The fourth-order valence-electron chi connectivity index (χ4n) is 1.46. The summed E-state index contributed by atoms with van der Waals surface area (Å²) >= 11 is 11.8. The molecule has 0 aliphatic rings. The molecule has 1 heterocycles. The van der Waals surface area contributed by atoms with E-state index >= 15 is 0 Å². The second-order valence-electron chi connectivity index (χ2n) is 3.64. The lowest BCUT2D eigenvalue weighted by Crippen LogP contribution is -1.98. The van der Waals surface area contributed by atoms with E-state index in [1.165, 1.54) is 0 Å². The number of aryl methyl sites for hydroxylation is 1. The molecule has 0 unspecified atom stereocenters. The molecule has 0 fully saturated rings. The molecule has 2 rings (SSSR count). The molecular formula is C12H10Cl2N2O. The number of halogens is 2. The average molecular weight is 269 g/mol. The number of benzene rings is 1. The third-order valence-electron chi connectivity index (χ3n) is 2.35. The van der Waals surface area contributed by atoms with E-state index in [-0.39, 0.29) is 6.61 Å². The quantitative estimate of drug-likeness (QED) is 0.910. The normalized spacial score (nSPS) is 10.6. The predicted molar refractivity (Wildman–Crippen MR) is 68.1 cm³/mol. The zero-order valence-corrected chi connectivity index (χ0v) is 10.6. The number of rotatable bonds is 2. The van der Waals surface area contributed by atoms with Crippen LogP contribution >= 0.6 is 23.2 Å². The van der Waals surface area contributed by atoms with Gasteiger partial charge in [-0.05, 0) is 30.7 Å². The van der Waals surface area contributed by atoms with Crippen molar-refractivity contribution in [2.75, 3.05) is 0 Å². The molecule has 0 saturated carbocycles. The van der Waals surface area contributed by atoms with E-state index in [9.17, 15) is 0 Å². The Labute approximate surface area is 109 Å². The summed E-state index contributed by atoms with van der Waals surface area (Å²) < 4.78 is 0. The highest BCUT2D eigenvalue weighted by Gasteiger charge is 2.07. The van der Waals surface area contributed by atoms with Crippen molar-refractivity contribution in [3.05, 3.63) is 45.7 Å². The van der Waals surface area contributed by atoms with Crippen molar-refractivity contribution >= 4 is 23.2 Å². The Balaban J connectivity index is 2.52. The molecule has 1 N–H and O–H groups in total. The maximum Gasteiger partial charge on any atom is 0.159 e. The number of hydrogen-bond acceptors (Lipinski definition) is 3. The molecule has 0 amide bonds. The number of aliphatic hydroxyl groups is 1. The monoisotopic (exact) mass is 268 g/mol. The van der Waals surface area contributed by atoms with Crippen LogP contribution in [0.25, 0.3) is 11.4 Å². The maximum atomic E-state index is 9.16. The third kappa shape index (κ3) is 2.75. The number of aromatic nitrogens is 2. The van der Waals surface area contributed by atoms with Crippen LogP contribution in [0, 0.1) is 6.92 Å². The second-order valence-corrected chi connectivity index (χ2v) is 4.51. The van der Waals surface area contributed by atoms with Crippen LogP contribution in [0.3, 0.4) is 0 Å². The lowest BCUT2D eigenvalue weighted by atomic mass is 10.2. The van der Waals surface area contributed by atoms with Gasteiger partial charge in [0, 0.05) is 21.8 Å². The zero-order chi connectivity index (χ0) is 12.4. The molecule has 17 heavy (non-hydrogen) atoms. The largest absolute Gasteiger partial charge is 0.390 e. The first-order valence-electron chi connectivity index (χ1n) is 5.00. The molecule has 5 heteroatoms. The molecule has 0 spiro atoms. The molecule has 88 valence electrons. The first-order valence-corrected chi connectivity index (χ1v) is 5.75. The van der Waals surface area contributed by atoms with Gasteiger partial charge in [0.15, 0.2) is 5.82 Å². The Morgan fingerprint density at radius 1 is 1.18 bits per heavy atom. The van der Waals surface area contributed by atoms with Crippen LogP contribution in [0.2, 0.25) is 10.0 Å². The van der Waals surface area contributed by atoms with Gasteiger partial charge in [-0.3, -0.25) is 0 Å². The summed E-state index contributed by atoms with van der Waals surface area (Å²) in [6.45, 7) is 1.73. The van der Waals surface area contributed by atoms with Gasteiger partial charge >= 0.3 is 0 Å². The zero-order valence-electron chi connectivity index (χ0n) is 9.11. The minimum Gasteiger partial charge on any atom is -0.390 e. The van der Waals surface area contributed by atoms with E-state index in [2.05, 4.69) is 9.97 Å². The van der Waals surface area contributed by atoms with Gasteiger partial charge < -0.3 is 5.11 Å². The first kappa shape index (κ1) is 12.3. The summed E-state index contributed by atoms with van der Waals surface area (Å²) in [5, 5.41) is 10.2. The van der Waals surface area contributed by atoms with Gasteiger partial charge in [0.25, 0.3) is 0 Å². The van der Waals surface area contributed by atoms with Crippen LogP contribution in [0.1, 0.15) is 11.3 Å². The topological polar surface area (TPSA) is 46.0 Å². The summed E-state index contributed by atoms with van der Waals surface area (Å²) in [4.78, 5) is 8.46. The van der Waals surface area contributed by atoms with Crippen molar-refractivity contribution < 1.29 is 5.11 Å². The molecule has 1 aromatic carbocycles. The van der Waals surface area contributed by atoms with Crippen molar-refractivity contribution in [3.8, 4) is 11.4 Å². The Hall–Kier alpha value is -1.16. The van der Waals surface area contributed by atoms with Gasteiger partial charge in [-0.15, -0.1) is 0 Å². The van der Waals surface area contributed by atoms with Crippen LogP contribution in [0.4, 0.5) is 0 Å². The van der Waals surface area contributed by atoms with Gasteiger partial charge in [0.05, 0.1) is 12.3 Å². The summed E-state index contributed by atoms with van der Waals surface area (Å²) in [5.74, 6) is 0.504. The molecule has 0 saturated heterocycles. The van der Waals surface area contributed by atoms with E-state index in [0.29, 0.717) is 21.6 Å². The van der Waals surface area contributed by atoms with Gasteiger partial charge in [-0.2, -0.15) is 0 Å². The lowest BCUT2D eigenvalue weighted by molar-refractivity contribution is 0.276. The van der Waals surface area contributed by atoms with Gasteiger partial charge in [0.2, 0.25) is 0 Å². The van der Waals surface area contributed by atoms with Crippen LogP contribution in [0.15, 0.2) is 24.4 Å². The minimum atomic E-state index is -0.115. The summed E-state index contributed by atoms with van der Waals surface area (Å²) in [7, 11) is 0. The first-order chi connectivity index (χ1) is 8.10. The molecular weight excluding hydrogens is 259 g/mol. The molecule has 0 bridgehead atoms. The number of nitrogens with zero attached hydrogens (tertiary/aromatic N) is 2. The standard InChI is InChI=1S/C12H10Cl2N2O/c1-7-5-15-12(16-11(7)6-17)8-2-9(13)4-10(14)3-8/h2-5,17H,6H2,1H3.